The van der Waals surface area contributed by atoms with Crippen LogP contribution < -0.4 is 5.32 Å². The van der Waals surface area contributed by atoms with Crippen LogP contribution in [-0.4, -0.2) is 29.5 Å². The molecule has 0 aromatic carbocycles. The van der Waals surface area contributed by atoms with Gasteiger partial charge in [0.05, 0.1) is 6.42 Å². The fourth-order valence-electron chi connectivity index (χ4n) is 1.84. The van der Waals surface area contributed by atoms with Crippen molar-refractivity contribution >= 4 is 5.97 Å². The summed E-state index contributed by atoms with van der Waals surface area (Å²) in [5.41, 5.74) is 1.00. The number of hydrogen-bond acceptors (Lipinski definition) is 4. The molecule has 1 N–H and O–H groups in total. The van der Waals surface area contributed by atoms with E-state index in [9.17, 15) is 13.6 Å². The number of nitrogens with one attached hydrogen (secondary N) is 1. The van der Waals surface area contributed by atoms with Crippen LogP contribution in [0.15, 0.2) is 24.5 Å². The van der Waals surface area contributed by atoms with Gasteiger partial charge in [-0.3, -0.25) is 4.98 Å². The maximum absolute atomic E-state index is 12.9. The van der Waals surface area contributed by atoms with E-state index in [2.05, 4.69) is 15.0 Å². The summed E-state index contributed by atoms with van der Waals surface area (Å²) in [6, 6.07) is 3.67. The van der Waals surface area contributed by atoms with E-state index in [0.29, 0.717) is 0 Å². The number of halogens is 2. The van der Waals surface area contributed by atoms with Crippen LogP contribution >= 0.6 is 0 Å². The Morgan fingerprint density at radius 2 is 2.22 bits per heavy atom. The number of cyclic esters (lactones) is 1. The smallest absolute Gasteiger partial charge is 0.377 e. The Hall–Kier alpha value is -1.56. The topological polar surface area (TPSA) is 51.2 Å². The summed E-state index contributed by atoms with van der Waals surface area (Å²) >= 11 is 0. The maximum atomic E-state index is 12.9. The van der Waals surface area contributed by atoms with Gasteiger partial charge < -0.3 is 10.1 Å². The monoisotopic (exact) mass is 256 g/mol. The molecule has 0 bridgehead atoms. The Morgan fingerprint density at radius 1 is 1.56 bits per heavy atom. The molecule has 1 aromatic heterocycles. The SMILES string of the molecule is CC(NCC1CC(F)(F)C(=O)O1)c1ccncc1. The van der Waals surface area contributed by atoms with Crippen LogP contribution in [0.3, 0.4) is 0 Å². The van der Waals surface area contributed by atoms with Gasteiger partial charge in [0.15, 0.2) is 0 Å². The number of esters is 1. The van der Waals surface area contributed by atoms with Gasteiger partial charge >= 0.3 is 11.9 Å². The van der Waals surface area contributed by atoms with Crippen LogP contribution in [-0.2, 0) is 9.53 Å². The zero-order chi connectivity index (χ0) is 13.2. The van der Waals surface area contributed by atoms with E-state index in [0.717, 1.165) is 5.56 Å². The Kier molecular flexibility index (Phi) is 3.56. The second-order valence-corrected chi connectivity index (χ2v) is 4.35. The van der Waals surface area contributed by atoms with Crippen LogP contribution in [0.5, 0.6) is 0 Å². The minimum Gasteiger partial charge on any atom is -0.456 e. The van der Waals surface area contributed by atoms with Crippen LogP contribution in [0, 0.1) is 0 Å². The van der Waals surface area contributed by atoms with Crippen molar-refractivity contribution in [2.45, 2.75) is 31.4 Å². The van der Waals surface area contributed by atoms with Crippen molar-refractivity contribution in [1.82, 2.24) is 10.3 Å². The van der Waals surface area contributed by atoms with Crippen LogP contribution in [0.2, 0.25) is 0 Å². The first-order valence-electron chi connectivity index (χ1n) is 5.71. The molecule has 4 nitrogen and oxygen atoms in total. The Labute approximate surface area is 103 Å². The summed E-state index contributed by atoms with van der Waals surface area (Å²) < 4.78 is 30.4. The van der Waals surface area contributed by atoms with Crippen molar-refractivity contribution in [3.63, 3.8) is 0 Å². The first-order valence-corrected chi connectivity index (χ1v) is 5.71. The zero-order valence-corrected chi connectivity index (χ0v) is 9.90. The average molecular weight is 256 g/mol. The number of nitrogens with zero attached hydrogens (tertiary/aromatic N) is 1. The number of alkyl halides is 2. The highest BCUT2D eigenvalue weighted by atomic mass is 19.3. The lowest BCUT2D eigenvalue weighted by Gasteiger charge is -2.16. The summed E-state index contributed by atoms with van der Waals surface area (Å²) in [7, 11) is 0. The fourth-order valence-corrected chi connectivity index (χ4v) is 1.84. The van der Waals surface area contributed by atoms with E-state index in [-0.39, 0.29) is 12.6 Å². The van der Waals surface area contributed by atoms with Crippen molar-refractivity contribution in [3.05, 3.63) is 30.1 Å². The second-order valence-electron chi connectivity index (χ2n) is 4.35. The summed E-state index contributed by atoms with van der Waals surface area (Å²) in [6.45, 7) is 2.12. The van der Waals surface area contributed by atoms with Crippen LogP contribution in [0.4, 0.5) is 8.78 Å². The lowest BCUT2D eigenvalue weighted by Crippen LogP contribution is -2.29. The molecule has 98 valence electrons. The minimum atomic E-state index is -3.34. The summed E-state index contributed by atoms with van der Waals surface area (Å²) in [5.74, 6) is -4.77. The van der Waals surface area contributed by atoms with Crippen molar-refractivity contribution in [1.29, 1.82) is 0 Å². The Balaban J connectivity index is 1.85. The summed E-state index contributed by atoms with van der Waals surface area (Å²) in [5, 5.41) is 3.06. The van der Waals surface area contributed by atoms with Gasteiger partial charge in [-0.2, -0.15) is 8.78 Å². The number of pyridine rings is 1. The van der Waals surface area contributed by atoms with E-state index in [4.69, 9.17) is 0 Å². The van der Waals surface area contributed by atoms with Crippen molar-refractivity contribution in [3.8, 4) is 0 Å². The molecule has 1 aliphatic heterocycles. The third kappa shape index (κ3) is 2.81. The number of carbonyl (C=O) groups excluding carboxylic acids is 1. The van der Waals surface area contributed by atoms with Gasteiger partial charge in [0, 0.05) is 25.0 Å². The summed E-state index contributed by atoms with van der Waals surface area (Å²) in [4.78, 5) is 14.7. The van der Waals surface area contributed by atoms with E-state index < -0.39 is 24.4 Å². The van der Waals surface area contributed by atoms with Crippen molar-refractivity contribution in [2.24, 2.45) is 0 Å². The van der Waals surface area contributed by atoms with E-state index in [1.54, 1.807) is 12.4 Å². The first-order chi connectivity index (χ1) is 8.49. The standard InChI is InChI=1S/C12H14F2N2O2/c1-8(9-2-4-15-5-3-9)16-7-10-6-12(13,14)11(17)18-10/h2-5,8,10,16H,6-7H2,1H3. The first kappa shape index (κ1) is 12.9. The number of ether oxygens (including phenoxy) is 1. The highest BCUT2D eigenvalue weighted by Crippen LogP contribution is 2.30. The molecule has 1 aromatic rings. The highest BCUT2D eigenvalue weighted by Gasteiger charge is 2.50. The van der Waals surface area contributed by atoms with E-state index >= 15 is 0 Å². The van der Waals surface area contributed by atoms with Gasteiger partial charge in [0.1, 0.15) is 6.10 Å². The van der Waals surface area contributed by atoms with Gasteiger partial charge in [-0.1, -0.05) is 0 Å². The van der Waals surface area contributed by atoms with Crippen LogP contribution in [0.25, 0.3) is 0 Å². The molecule has 0 amide bonds. The molecule has 18 heavy (non-hydrogen) atoms. The lowest BCUT2D eigenvalue weighted by molar-refractivity contribution is -0.159. The molecule has 6 heteroatoms. The molecular formula is C12H14F2N2O2. The molecule has 2 heterocycles. The lowest BCUT2D eigenvalue weighted by atomic mass is 10.1. The van der Waals surface area contributed by atoms with Crippen LogP contribution in [0.1, 0.15) is 24.9 Å². The highest BCUT2D eigenvalue weighted by molar-refractivity contribution is 5.79. The predicted molar refractivity (Wildman–Crippen MR) is 60.1 cm³/mol. The Morgan fingerprint density at radius 3 is 2.78 bits per heavy atom. The van der Waals surface area contributed by atoms with Crippen molar-refractivity contribution < 1.29 is 18.3 Å². The van der Waals surface area contributed by atoms with Gasteiger partial charge in [-0.25, -0.2) is 4.79 Å². The molecule has 1 saturated heterocycles. The van der Waals surface area contributed by atoms with Gasteiger partial charge in [0.2, 0.25) is 0 Å². The number of carbonyl (C=O) groups is 1. The van der Waals surface area contributed by atoms with Gasteiger partial charge in [-0.05, 0) is 24.6 Å². The fraction of sp³-hybridized carbons (Fsp3) is 0.500. The average Bonchev–Trinajstić information content (AvgIpc) is 2.61. The molecule has 0 radical (unpaired) electrons. The number of aromatic nitrogens is 1. The molecule has 0 aliphatic carbocycles. The van der Waals surface area contributed by atoms with Crippen molar-refractivity contribution in [2.75, 3.05) is 6.54 Å². The number of rotatable bonds is 4. The third-order valence-corrected chi connectivity index (χ3v) is 2.91. The molecule has 1 fully saturated rings. The third-order valence-electron chi connectivity index (χ3n) is 2.91. The molecule has 0 saturated carbocycles. The normalized spacial score (nSPS) is 23.7. The quantitative estimate of drug-likeness (QED) is 0.833. The Bertz CT molecular complexity index is 425. The molecular weight excluding hydrogens is 242 g/mol. The molecule has 1 aliphatic rings. The maximum Gasteiger partial charge on any atom is 0.377 e. The molecule has 2 atom stereocenters. The summed E-state index contributed by atoms with van der Waals surface area (Å²) in [6.07, 6.45) is 2.01. The zero-order valence-electron chi connectivity index (χ0n) is 9.90. The molecule has 2 rings (SSSR count). The van der Waals surface area contributed by atoms with Gasteiger partial charge in [-0.15, -0.1) is 0 Å². The predicted octanol–water partition coefficient (Wildman–Crippen LogP) is 1.68. The minimum absolute atomic E-state index is 0.0130. The van der Waals surface area contributed by atoms with E-state index in [1.807, 2.05) is 19.1 Å². The second kappa shape index (κ2) is 4.97. The molecule has 2 unspecified atom stereocenters. The van der Waals surface area contributed by atoms with E-state index in [1.165, 1.54) is 0 Å². The molecule has 0 spiro atoms. The van der Waals surface area contributed by atoms with Gasteiger partial charge in [0.25, 0.3) is 0 Å². The number of hydrogen-bond donors (Lipinski definition) is 1. The largest absolute Gasteiger partial charge is 0.456 e.